The summed E-state index contributed by atoms with van der Waals surface area (Å²) in [7, 11) is 0. The predicted molar refractivity (Wildman–Crippen MR) is 79.6 cm³/mol. The molecule has 2 atom stereocenters. The van der Waals surface area contributed by atoms with Crippen LogP contribution in [0.1, 0.15) is 13.3 Å². The minimum absolute atomic E-state index is 0.0779. The molecule has 0 saturated heterocycles. The highest BCUT2D eigenvalue weighted by Crippen LogP contribution is 2.39. The molecule has 2 aromatic rings. The molecule has 2 aliphatic rings. The van der Waals surface area contributed by atoms with Gasteiger partial charge in [0.1, 0.15) is 0 Å². The van der Waals surface area contributed by atoms with Crippen molar-refractivity contribution in [1.82, 2.24) is 4.98 Å². The average Bonchev–Trinajstić information content (AvgIpc) is 2.92. The highest BCUT2D eigenvalue weighted by atomic mass is 32.1. The Bertz CT molecular complexity index is 713. The number of nitrogens with zero attached hydrogens (tertiary/aromatic N) is 1. The second kappa shape index (κ2) is 4.73. The maximum Gasteiger partial charge on any atom is 0.231 e. The largest absolute Gasteiger partial charge is 0.454 e. The van der Waals surface area contributed by atoms with Crippen molar-refractivity contribution in [2.75, 3.05) is 12.1 Å². The van der Waals surface area contributed by atoms with Crippen molar-refractivity contribution >= 4 is 22.4 Å². The number of amides is 1. The van der Waals surface area contributed by atoms with Gasteiger partial charge >= 0.3 is 0 Å². The first-order valence-electron chi connectivity index (χ1n) is 6.87. The summed E-state index contributed by atoms with van der Waals surface area (Å²) in [5, 5.41) is 5.47. The molecule has 1 amide bonds. The molecule has 1 aromatic heterocycles. The first-order chi connectivity index (χ1) is 10.2. The lowest BCUT2D eigenvalue weighted by Crippen LogP contribution is -2.14. The number of hydrogen-bond acceptors (Lipinski definition) is 5. The van der Waals surface area contributed by atoms with Crippen LogP contribution in [0.15, 0.2) is 23.6 Å². The summed E-state index contributed by atoms with van der Waals surface area (Å²) in [4.78, 5) is 16.4. The third-order valence-electron chi connectivity index (χ3n) is 3.85. The summed E-state index contributed by atoms with van der Waals surface area (Å²) >= 11 is 1.44. The fraction of sp³-hybridized carbons (Fsp3) is 0.333. The molecule has 1 aliphatic carbocycles. The monoisotopic (exact) mass is 302 g/mol. The summed E-state index contributed by atoms with van der Waals surface area (Å²) in [6.45, 7) is 2.35. The first kappa shape index (κ1) is 12.6. The number of rotatable bonds is 3. The summed E-state index contributed by atoms with van der Waals surface area (Å²) in [6.07, 6.45) is 0.978. The maximum atomic E-state index is 11.9. The molecular formula is C15H14N2O3S. The Kier molecular flexibility index (Phi) is 2.85. The Labute approximate surface area is 125 Å². The summed E-state index contributed by atoms with van der Waals surface area (Å²) < 4.78 is 10.7. The van der Waals surface area contributed by atoms with Crippen LogP contribution in [0.25, 0.3) is 11.3 Å². The molecule has 1 aromatic carbocycles. The molecule has 0 bridgehead atoms. The fourth-order valence-electron chi connectivity index (χ4n) is 2.41. The second-order valence-electron chi connectivity index (χ2n) is 5.41. The number of aromatic nitrogens is 1. The van der Waals surface area contributed by atoms with Crippen LogP contribution in [-0.4, -0.2) is 17.7 Å². The highest BCUT2D eigenvalue weighted by molar-refractivity contribution is 7.14. The van der Waals surface area contributed by atoms with E-state index >= 15 is 0 Å². The Hall–Kier alpha value is -2.08. The number of fused-ring (bicyclic) bond motifs is 1. The molecule has 1 aliphatic heterocycles. The number of anilines is 1. The second-order valence-corrected chi connectivity index (χ2v) is 6.27. The topological polar surface area (TPSA) is 60.5 Å². The summed E-state index contributed by atoms with van der Waals surface area (Å²) in [6, 6.07) is 5.73. The molecule has 1 saturated carbocycles. The smallest absolute Gasteiger partial charge is 0.231 e. The van der Waals surface area contributed by atoms with E-state index in [2.05, 4.69) is 17.2 Å². The lowest BCUT2D eigenvalue weighted by atomic mass is 10.1. The van der Waals surface area contributed by atoms with Gasteiger partial charge in [-0.15, -0.1) is 11.3 Å². The van der Waals surface area contributed by atoms with E-state index in [1.54, 1.807) is 0 Å². The van der Waals surface area contributed by atoms with Crippen molar-refractivity contribution in [3.05, 3.63) is 23.6 Å². The van der Waals surface area contributed by atoms with Crippen LogP contribution in [0.3, 0.4) is 0 Å². The third-order valence-corrected chi connectivity index (χ3v) is 4.61. The van der Waals surface area contributed by atoms with Gasteiger partial charge in [0, 0.05) is 16.9 Å². The predicted octanol–water partition coefficient (Wildman–Crippen LogP) is 3.13. The molecule has 0 radical (unpaired) electrons. The molecule has 0 spiro atoms. The van der Waals surface area contributed by atoms with Gasteiger partial charge in [0.2, 0.25) is 12.7 Å². The number of nitrogens with one attached hydrogen (secondary N) is 1. The minimum Gasteiger partial charge on any atom is -0.454 e. The number of benzene rings is 1. The molecule has 1 N–H and O–H groups in total. The summed E-state index contributed by atoms with van der Waals surface area (Å²) in [5.41, 5.74) is 1.79. The van der Waals surface area contributed by atoms with Crippen molar-refractivity contribution in [2.24, 2.45) is 11.8 Å². The van der Waals surface area contributed by atoms with Gasteiger partial charge in [0.05, 0.1) is 5.69 Å². The zero-order chi connectivity index (χ0) is 14.4. The zero-order valence-corrected chi connectivity index (χ0v) is 12.3. The third kappa shape index (κ3) is 2.35. The van der Waals surface area contributed by atoms with Crippen LogP contribution in [0.4, 0.5) is 5.13 Å². The van der Waals surface area contributed by atoms with Crippen molar-refractivity contribution in [1.29, 1.82) is 0 Å². The molecule has 6 heteroatoms. The van der Waals surface area contributed by atoms with Crippen LogP contribution in [0.2, 0.25) is 0 Å². The Morgan fingerprint density at radius 2 is 2.19 bits per heavy atom. The van der Waals surface area contributed by atoms with Gasteiger partial charge in [-0.1, -0.05) is 6.92 Å². The molecule has 1 fully saturated rings. The van der Waals surface area contributed by atoms with E-state index < -0.39 is 0 Å². The van der Waals surface area contributed by atoms with Gasteiger partial charge in [0.15, 0.2) is 16.6 Å². The van der Waals surface area contributed by atoms with Crippen LogP contribution in [-0.2, 0) is 4.79 Å². The number of carbonyl (C=O) groups is 1. The number of hydrogen-bond donors (Lipinski definition) is 1. The van der Waals surface area contributed by atoms with E-state index in [-0.39, 0.29) is 18.6 Å². The SMILES string of the molecule is CC1CC1C(=O)Nc1nc(-c2ccc3c(c2)OCO3)cs1. The van der Waals surface area contributed by atoms with E-state index in [4.69, 9.17) is 9.47 Å². The van der Waals surface area contributed by atoms with Gasteiger partial charge in [0.25, 0.3) is 0 Å². The normalized spacial score (nSPS) is 22.1. The van der Waals surface area contributed by atoms with E-state index in [9.17, 15) is 4.79 Å². The standard InChI is InChI=1S/C15H14N2O3S/c1-8-4-10(8)14(18)17-15-16-11(6-21-15)9-2-3-12-13(5-9)20-7-19-12/h2-3,5-6,8,10H,4,7H2,1H3,(H,16,17,18). The van der Waals surface area contributed by atoms with Gasteiger partial charge in [-0.3, -0.25) is 4.79 Å². The number of carbonyl (C=O) groups excluding carboxylic acids is 1. The highest BCUT2D eigenvalue weighted by Gasteiger charge is 2.39. The lowest BCUT2D eigenvalue weighted by molar-refractivity contribution is -0.117. The van der Waals surface area contributed by atoms with Crippen molar-refractivity contribution in [3.8, 4) is 22.8 Å². The van der Waals surface area contributed by atoms with Gasteiger partial charge in [-0.25, -0.2) is 4.98 Å². The zero-order valence-electron chi connectivity index (χ0n) is 11.5. The lowest BCUT2D eigenvalue weighted by Gasteiger charge is -2.00. The van der Waals surface area contributed by atoms with Crippen molar-refractivity contribution in [3.63, 3.8) is 0 Å². The van der Waals surface area contributed by atoms with Crippen LogP contribution < -0.4 is 14.8 Å². The van der Waals surface area contributed by atoms with Gasteiger partial charge < -0.3 is 14.8 Å². The molecule has 21 heavy (non-hydrogen) atoms. The van der Waals surface area contributed by atoms with Crippen LogP contribution in [0, 0.1) is 11.8 Å². The van der Waals surface area contributed by atoms with Crippen molar-refractivity contribution in [2.45, 2.75) is 13.3 Å². The summed E-state index contributed by atoms with van der Waals surface area (Å²) in [5.74, 6) is 2.22. The van der Waals surface area contributed by atoms with Gasteiger partial charge in [-0.05, 0) is 30.5 Å². The van der Waals surface area contributed by atoms with Crippen LogP contribution in [0.5, 0.6) is 11.5 Å². The van der Waals surface area contributed by atoms with E-state index in [0.717, 1.165) is 29.2 Å². The molecule has 108 valence electrons. The minimum atomic E-state index is 0.0779. The van der Waals surface area contributed by atoms with E-state index in [0.29, 0.717) is 11.0 Å². The van der Waals surface area contributed by atoms with Crippen molar-refractivity contribution < 1.29 is 14.3 Å². The quantitative estimate of drug-likeness (QED) is 0.946. The number of thiazole rings is 1. The van der Waals surface area contributed by atoms with E-state index in [1.165, 1.54) is 11.3 Å². The average molecular weight is 302 g/mol. The maximum absolute atomic E-state index is 11.9. The molecule has 2 unspecified atom stereocenters. The Morgan fingerprint density at radius 3 is 3.00 bits per heavy atom. The molecular weight excluding hydrogens is 288 g/mol. The van der Waals surface area contributed by atoms with Gasteiger partial charge in [-0.2, -0.15) is 0 Å². The molecule has 4 rings (SSSR count). The van der Waals surface area contributed by atoms with E-state index in [1.807, 2.05) is 23.6 Å². The molecule has 5 nitrogen and oxygen atoms in total. The number of ether oxygens (including phenoxy) is 2. The first-order valence-corrected chi connectivity index (χ1v) is 7.75. The fourth-order valence-corrected chi connectivity index (χ4v) is 3.13. The Balaban J connectivity index is 1.52. The molecule has 2 heterocycles. The van der Waals surface area contributed by atoms with Crippen LogP contribution >= 0.6 is 11.3 Å². The Morgan fingerprint density at radius 1 is 1.38 bits per heavy atom.